The molecule has 0 saturated carbocycles. The van der Waals surface area contributed by atoms with Gasteiger partial charge in [0.25, 0.3) is 5.56 Å². The molecule has 5 aromatic rings. The third kappa shape index (κ3) is 3.78. The Hall–Kier alpha value is -3.64. The standard InChI is InChI=1S/C24H18ClFN4O/c25-17-9-13-20-21(14-17)28-24(27-20)30-23(31)19(12-8-15-6-10-18(26)11-7-15)22(29-30)16-4-2-1-3-5-16/h1-7,9-11,13-14,29H,8,12H2,(H,27,28). The van der Waals surface area contributed by atoms with Crippen molar-refractivity contribution in [3.05, 3.63) is 105 Å². The largest absolute Gasteiger partial charge is 0.322 e. The molecule has 0 fully saturated rings. The van der Waals surface area contributed by atoms with E-state index in [0.717, 1.165) is 27.9 Å². The highest BCUT2D eigenvalue weighted by atomic mass is 35.5. The highest BCUT2D eigenvalue weighted by Crippen LogP contribution is 2.23. The third-order valence-electron chi connectivity index (χ3n) is 5.27. The fourth-order valence-corrected chi connectivity index (χ4v) is 3.86. The Bertz CT molecular complexity index is 1420. The van der Waals surface area contributed by atoms with Crippen LogP contribution in [0.2, 0.25) is 5.02 Å². The molecule has 7 heteroatoms. The SMILES string of the molecule is O=c1c(CCc2ccc(F)cc2)c(-c2ccccc2)[nH]n1-c1nc2ccc(Cl)cc2[nH]1. The number of aromatic amines is 2. The summed E-state index contributed by atoms with van der Waals surface area (Å²) in [6, 6.07) is 21.4. The van der Waals surface area contributed by atoms with Crippen molar-refractivity contribution < 1.29 is 4.39 Å². The van der Waals surface area contributed by atoms with Gasteiger partial charge in [-0.25, -0.2) is 9.37 Å². The number of fused-ring (bicyclic) bond motifs is 1. The lowest BCUT2D eigenvalue weighted by molar-refractivity contribution is 0.627. The lowest BCUT2D eigenvalue weighted by Gasteiger charge is -2.03. The Kier molecular flexibility index (Phi) is 4.92. The van der Waals surface area contributed by atoms with E-state index in [9.17, 15) is 9.18 Å². The molecule has 5 nitrogen and oxygen atoms in total. The van der Waals surface area contributed by atoms with Gasteiger partial charge in [0.1, 0.15) is 5.82 Å². The Morgan fingerprint density at radius 1 is 0.968 bits per heavy atom. The third-order valence-corrected chi connectivity index (χ3v) is 5.50. The van der Waals surface area contributed by atoms with Crippen LogP contribution in [0.1, 0.15) is 11.1 Å². The zero-order valence-corrected chi connectivity index (χ0v) is 17.2. The molecular weight excluding hydrogens is 415 g/mol. The second-order valence-corrected chi connectivity index (χ2v) is 7.76. The first-order chi connectivity index (χ1) is 15.1. The normalized spacial score (nSPS) is 11.3. The van der Waals surface area contributed by atoms with Gasteiger partial charge in [-0.3, -0.25) is 9.89 Å². The van der Waals surface area contributed by atoms with Gasteiger partial charge in [-0.2, -0.15) is 4.68 Å². The van der Waals surface area contributed by atoms with Crippen molar-refractivity contribution in [3.8, 4) is 17.2 Å². The van der Waals surface area contributed by atoms with Gasteiger partial charge in [-0.1, -0.05) is 54.1 Å². The van der Waals surface area contributed by atoms with Gasteiger partial charge >= 0.3 is 0 Å². The number of hydrogen-bond donors (Lipinski definition) is 2. The molecule has 5 rings (SSSR count). The fraction of sp³-hybridized carbons (Fsp3) is 0.0833. The van der Waals surface area contributed by atoms with E-state index in [4.69, 9.17) is 11.6 Å². The second kappa shape index (κ2) is 7.89. The maximum absolute atomic E-state index is 13.4. The van der Waals surface area contributed by atoms with Crippen LogP contribution in [0.3, 0.4) is 0 Å². The number of nitrogens with zero attached hydrogens (tertiary/aromatic N) is 2. The van der Waals surface area contributed by atoms with Crippen molar-refractivity contribution in [1.29, 1.82) is 0 Å². The average molecular weight is 433 g/mol. The van der Waals surface area contributed by atoms with E-state index in [2.05, 4.69) is 15.1 Å². The quantitative estimate of drug-likeness (QED) is 0.396. The number of rotatable bonds is 5. The molecule has 154 valence electrons. The van der Waals surface area contributed by atoms with Gasteiger partial charge in [0.15, 0.2) is 0 Å². The van der Waals surface area contributed by atoms with Gasteiger partial charge in [0.2, 0.25) is 5.95 Å². The Morgan fingerprint density at radius 2 is 1.74 bits per heavy atom. The predicted molar refractivity (Wildman–Crippen MR) is 120 cm³/mol. The molecule has 0 aliphatic rings. The summed E-state index contributed by atoms with van der Waals surface area (Å²) in [4.78, 5) is 21.1. The molecule has 2 aromatic heterocycles. The van der Waals surface area contributed by atoms with Crippen molar-refractivity contribution >= 4 is 22.6 Å². The predicted octanol–water partition coefficient (Wildman–Crippen LogP) is 5.29. The molecule has 0 bridgehead atoms. The number of aromatic nitrogens is 4. The number of hydrogen-bond acceptors (Lipinski definition) is 2. The molecule has 0 aliphatic heterocycles. The molecule has 0 aliphatic carbocycles. The molecule has 3 aromatic carbocycles. The minimum atomic E-state index is -0.275. The first-order valence-electron chi connectivity index (χ1n) is 9.88. The van der Waals surface area contributed by atoms with E-state index in [1.165, 1.54) is 16.8 Å². The first kappa shape index (κ1) is 19.3. The van der Waals surface area contributed by atoms with Crippen LogP contribution in [0, 0.1) is 5.82 Å². The minimum absolute atomic E-state index is 0.175. The molecule has 2 heterocycles. The van der Waals surface area contributed by atoms with Crippen molar-refractivity contribution in [3.63, 3.8) is 0 Å². The van der Waals surface area contributed by atoms with Crippen LogP contribution in [-0.2, 0) is 12.8 Å². The number of H-pyrrole nitrogens is 2. The van der Waals surface area contributed by atoms with Crippen molar-refractivity contribution in [2.24, 2.45) is 0 Å². The van der Waals surface area contributed by atoms with Crippen LogP contribution in [-0.4, -0.2) is 19.7 Å². The number of halogens is 2. The van der Waals surface area contributed by atoms with Gasteiger partial charge in [-0.15, -0.1) is 0 Å². The van der Waals surface area contributed by atoms with Gasteiger partial charge in [0, 0.05) is 10.6 Å². The number of aryl methyl sites for hydroxylation is 1. The smallest absolute Gasteiger partial charge is 0.277 e. The Balaban J connectivity index is 1.59. The van der Waals surface area contributed by atoms with Crippen LogP contribution >= 0.6 is 11.6 Å². The Labute approximate surface area is 182 Å². The molecule has 0 saturated heterocycles. The summed E-state index contributed by atoms with van der Waals surface area (Å²) in [6.45, 7) is 0. The van der Waals surface area contributed by atoms with Crippen LogP contribution in [0.5, 0.6) is 0 Å². The number of imidazole rings is 1. The summed E-state index contributed by atoms with van der Waals surface area (Å²) in [7, 11) is 0. The summed E-state index contributed by atoms with van der Waals surface area (Å²) in [5, 5.41) is 3.81. The van der Waals surface area contributed by atoms with Crippen LogP contribution in [0.25, 0.3) is 28.2 Å². The van der Waals surface area contributed by atoms with Crippen molar-refractivity contribution in [2.45, 2.75) is 12.8 Å². The summed E-state index contributed by atoms with van der Waals surface area (Å²) < 4.78 is 14.7. The van der Waals surface area contributed by atoms with Crippen molar-refractivity contribution in [2.75, 3.05) is 0 Å². The molecular formula is C24H18ClFN4O. The van der Waals surface area contributed by atoms with Crippen LogP contribution in [0.15, 0.2) is 77.6 Å². The molecule has 0 unspecified atom stereocenters. The van der Waals surface area contributed by atoms with E-state index < -0.39 is 0 Å². The number of nitrogens with one attached hydrogen (secondary N) is 2. The lowest BCUT2D eigenvalue weighted by Crippen LogP contribution is -2.18. The number of benzene rings is 3. The minimum Gasteiger partial charge on any atom is -0.322 e. The highest BCUT2D eigenvalue weighted by molar-refractivity contribution is 6.31. The lowest BCUT2D eigenvalue weighted by atomic mass is 10.0. The van der Waals surface area contributed by atoms with Crippen LogP contribution < -0.4 is 5.56 Å². The summed E-state index contributed by atoms with van der Waals surface area (Å²) in [5.74, 6) is 0.121. The molecule has 31 heavy (non-hydrogen) atoms. The Morgan fingerprint density at radius 3 is 2.52 bits per heavy atom. The van der Waals surface area contributed by atoms with E-state index in [0.29, 0.717) is 29.4 Å². The van der Waals surface area contributed by atoms with Crippen LogP contribution in [0.4, 0.5) is 4.39 Å². The fourth-order valence-electron chi connectivity index (χ4n) is 3.69. The maximum Gasteiger partial charge on any atom is 0.277 e. The van der Waals surface area contributed by atoms with Crippen molar-refractivity contribution in [1.82, 2.24) is 19.7 Å². The van der Waals surface area contributed by atoms with E-state index in [-0.39, 0.29) is 11.4 Å². The molecule has 0 amide bonds. The van der Waals surface area contributed by atoms with Gasteiger partial charge in [-0.05, 0) is 54.3 Å². The van der Waals surface area contributed by atoms with Gasteiger partial charge < -0.3 is 4.98 Å². The summed E-state index contributed by atoms with van der Waals surface area (Å²) in [6.07, 6.45) is 1.12. The van der Waals surface area contributed by atoms with E-state index >= 15 is 0 Å². The summed E-state index contributed by atoms with van der Waals surface area (Å²) >= 11 is 6.08. The average Bonchev–Trinajstić information content (AvgIpc) is 3.34. The maximum atomic E-state index is 13.4. The zero-order chi connectivity index (χ0) is 21.4. The second-order valence-electron chi connectivity index (χ2n) is 7.32. The highest BCUT2D eigenvalue weighted by Gasteiger charge is 2.18. The molecule has 0 radical (unpaired) electrons. The first-order valence-corrected chi connectivity index (χ1v) is 10.3. The molecule has 0 spiro atoms. The van der Waals surface area contributed by atoms with E-state index in [1.54, 1.807) is 30.3 Å². The topological polar surface area (TPSA) is 66.5 Å². The zero-order valence-electron chi connectivity index (χ0n) is 16.4. The molecule has 2 N–H and O–H groups in total. The van der Waals surface area contributed by atoms with Gasteiger partial charge in [0.05, 0.1) is 16.7 Å². The molecule has 0 atom stereocenters. The monoisotopic (exact) mass is 432 g/mol. The van der Waals surface area contributed by atoms with E-state index in [1.807, 2.05) is 30.3 Å². The summed E-state index contributed by atoms with van der Waals surface area (Å²) in [5.41, 5.74) is 4.55.